The quantitative estimate of drug-likeness (QED) is 0.369. The van der Waals surface area contributed by atoms with E-state index in [2.05, 4.69) is 25.8 Å². The molecule has 3 aromatic rings. The first kappa shape index (κ1) is 22.3. The summed E-state index contributed by atoms with van der Waals surface area (Å²) < 4.78 is 1.85. The first-order valence-electron chi connectivity index (χ1n) is 11.3. The summed E-state index contributed by atoms with van der Waals surface area (Å²) in [5.41, 5.74) is 2.73. The molecule has 176 valence electrons. The topological polar surface area (TPSA) is 122 Å². The summed E-state index contributed by atoms with van der Waals surface area (Å²) in [6, 6.07) is 5.30. The van der Waals surface area contributed by atoms with Gasteiger partial charge >= 0.3 is 0 Å². The van der Waals surface area contributed by atoms with Gasteiger partial charge in [0.05, 0.1) is 5.56 Å². The molecule has 10 heteroatoms. The first-order valence-corrected chi connectivity index (χ1v) is 11.6. The number of aromatic nitrogens is 4. The van der Waals surface area contributed by atoms with Crippen molar-refractivity contribution in [3.63, 3.8) is 0 Å². The third-order valence-corrected chi connectivity index (χ3v) is 7.05. The third-order valence-electron chi connectivity index (χ3n) is 6.64. The van der Waals surface area contributed by atoms with Crippen molar-refractivity contribution in [2.75, 3.05) is 5.32 Å². The van der Waals surface area contributed by atoms with Crippen LogP contribution in [-0.2, 0) is 23.3 Å². The maximum atomic E-state index is 13.3. The molecule has 0 saturated heterocycles. The van der Waals surface area contributed by atoms with Crippen molar-refractivity contribution in [1.82, 2.24) is 25.1 Å². The second-order valence-electron chi connectivity index (χ2n) is 9.09. The molecule has 2 amide bonds. The number of Topliss-reactive ketones (excluding diaryl/α,β-unsaturated/α-hetero) is 1. The van der Waals surface area contributed by atoms with Gasteiger partial charge in [0.1, 0.15) is 17.1 Å². The number of rotatable bonds is 6. The summed E-state index contributed by atoms with van der Waals surface area (Å²) in [6.45, 7) is 6.00. The molecule has 3 N–H and O–H groups in total. The summed E-state index contributed by atoms with van der Waals surface area (Å²) in [4.78, 5) is 42.6. The Morgan fingerprint density at radius 2 is 1.91 bits per heavy atom. The molecule has 0 radical (unpaired) electrons. The van der Waals surface area contributed by atoms with Gasteiger partial charge in [-0.3, -0.25) is 14.4 Å². The lowest BCUT2D eigenvalue weighted by Gasteiger charge is -2.14. The van der Waals surface area contributed by atoms with Crippen LogP contribution >= 0.6 is 11.6 Å². The van der Waals surface area contributed by atoms with E-state index >= 15 is 0 Å². The number of aromatic amines is 1. The summed E-state index contributed by atoms with van der Waals surface area (Å²) >= 11 is 6.20. The van der Waals surface area contributed by atoms with E-state index in [1.807, 2.05) is 17.6 Å². The molecular weight excluding hydrogens is 456 g/mol. The number of benzene rings is 1. The van der Waals surface area contributed by atoms with E-state index in [0.29, 0.717) is 65.0 Å². The molecule has 1 aromatic carbocycles. The summed E-state index contributed by atoms with van der Waals surface area (Å²) in [7, 11) is 0. The molecule has 3 heterocycles. The Hall–Kier alpha value is -3.46. The van der Waals surface area contributed by atoms with E-state index in [-0.39, 0.29) is 5.91 Å². The fourth-order valence-corrected chi connectivity index (χ4v) is 4.85. The van der Waals surface area contributed by atoms with Crippen molar-refractivity contribution < 1.29 is 14.4 Å². The lowest BCUT2D eigenvalue weighted by Crippen LogP contribution is -2.40. The van der Waals surface area contributed by atoms with Gasteiger partial charge in [0, 0.05) is 22.9 Å². The van der Waals surface area contributed by atoms with Crippen LogP contribution in [0.2, 0.25) is 5.02 Å². The number of H-pyrrole nitrogens is 1. The van der Waals surface area contributed by atoms with Crippen LogP contribution in [0.3, 0.4) is 0 Å². The van der Waals surface area contributed by atoms with Gasteiger partial charge in [0.25, 0.3) is 17.6 Å². The number of nitrogens with one attached hydrogen (secondary N) is 3. The van der Waals surface area contributed by atoms with Gasteiger partial charge in [-0.2, -0.15) is 0 Å². The summed E-state index contributed by atoms with van der Waals surface area (Å²) in [5, 5.41) is 14.3. The van der Waals surface area contributed by atoms with Crippen LogP contribution in [0.1, 0.15) is 68.6 Å². The van der Waals surface area contributed by atoms with Gasteiger partial charge in [0.2, 0.25) is 0 Å². The Balaban J connectivity index is 1.42. The maximum absolute atomic E-state index is 13.3. The summed E-state index contributed by atoms with van der Waals surface area (Å²) in [5.74, 6) is -0.471. The van der Waals surface area contributed by atoms with E-state index in [1.54, 1.807) is 26.0 Å². The number of carbonyl (C=O) groups excluding carboxylic acids is 3. The Morgan fingerprint density at radius 3 is 2.56 bits per heavy atom. The number of anilines is 1. The van der Waals surface area contributed by atoms with Crippen molar-refractivity contribution in [3.8, 4) is 0 Å². The highest BCUT2D eigenvalue weighted by atomic mass is 35.5. The molecule has 1 aliphatic carbocycles. The van der Waals surface area contributed by atoms with Crippen molar-refractivity contribution in [3.05, 3.63) is 62.9 Å². The van der Waals surface area contributed by atoms with Gasteiger partial charge < -0.3 is 20.2 Å². The molecule has 1 saturated carbocycles. The zero-order valence-corrected chi connectivity index (χ0v) is 20.0. The lowest BCUT2D eigenvalue weighted by molar-refractivity contribution is -0.118. The second-order valence-corrected chi connectivity index (χ2v) is 9.50. The van der Waals surface area contributed by atoms with Crippen LogP contribution < -0.4 is 10.6 Å². The minimum absolute atomic E-state index is 0.312. The Kier molecular flexibility index (Phi) is 5.31. The van der Waals surface area contributed by atoms with Crippen LogP contribution in [0.25, 0.3) is 0 Å². The molecule has 2 aliphatic rings. The average molecular weight is 481 g/mol. The molecular formula is C24H25ClN6O3. The number of halogens is 1. The van der Waals surface area contributed by atoms with Crippen molar-refractivity contribution in [1.29, 1.82) is 0 Å². The molecule has 1 aliphatic heterocycles. The molecule has 5 rings (SSSR count). The minimum Gasteiger partial charge on any atom is -0.340 e. The lowest BCUT2D eigenvalue weighted by atomic mass is 10.0. The number of nitrogens with zero attached hydrogens (tertiary/aromatic N) is 3. The highest BCUT2D eigenvalue weighted by Crippen LogP contribution is 2.44. The molecule has 0 bridgehead atoms. The van der Waals surface area contributed by atoms with Crippen LogP contribution in [0, 0.1) is 20.8 Å². The van der Waals surface area contributed by atoms with Crippen LogP contribution in [-0.4, -0.2) is 37.3 Å². The van der Waals surface area contributed by atoms with Crippen LogP contribution in [0.15, 0.2) is 18.2 Å². The van der Waals surface area contributed by atoms with Gasteiger partial charge in [-0.1, -0.05) is 17.7 Å². The Labute approximate surface area is 201 Å². The molecule has 1 fully saturated rings. The highest BCUT2D eigenvalue weighted by molar-refractivity contribution is 6.44. The first-order chi connectivity index (χ1) is 16.2. The van der Waals surface area contributed by atoms with Crippen molar-refractivity contribution >= 4 is 34.9 Å². The SMILES string of the molecule is Cc1nnc(C2(NC(=O)C(=O)c3c(C)c(C(=O)Nc4ccc(C)c(Cl)c4)n4c3CCC4)CC2)[nH]1. The zero-order valence-electron chi connectivity index (χ0n) is 19.2. The second kappa shape index (κ2) is 8.09. The fraction of sp³-hybridized carbons (Fsp3) is 0.375. The van der Waals surface area contributed by atoms with Gasteiger partial charge in [0.15, 0.2) is 5.82 Å². The summed E-state index contributed by atoms with van der Waals surface area (Å²) in [6.07, 6.45) is 2.79. The van der Waals surface area contributed by atoms with E-state index in [4.69, 9.17) is 11.6 Å². The van der Waals surface area contributed by atoms with Crippen LogP contribution in [0.5, 0.6) is 0 Å². The molecule has 0 spiro atoms. The number of hydrogen-bond donors (Lipinski definition) is 3. The number of carbonyl (C=O) groups is 3. The number of aryl methyl sites for hydroxylation is 2. The van der Waals surface area contributed by atoms with E-state index < -0.39 is 17.2 Å². The van der Waals surface area contributed by atoms with Gasteiger partial charge in [-0.25, -0.2) is 0 Å². The average Bonchev–Trinajstić information content (AvgIpc) is 3.08. The van der Waals surface area contributed by atoms with Crippen molar-refractivity contribution in [2.24, 2.45) is 0 Å². The molecule has 9 nitrogen and oxygen atoms in total. The van der Waals surface area contributed by atoms with E-state index in [9.17, 15) is 14.4 Å². The largest absolute Gasteiger partial charge is 0.340 e. The predicted molar refractivity (Wildman–Crippen MR) is 126 cm³/mol. The highest BCUT2D eigenvalue weighted by Gasteiger charge is 2.50. The molecule has 2 aromatic heterocycles. The minimum atomic E-state index is -0.702. The number of ketones is 1. The fourth-order valence-electron chi connectivity index (χ4n) is 4.67. The van der Waals surface area contributed by atoms with Crippen molar-refractivity contribution in [2.45, 2.75) is 58.5 Å². The third kappa shape index (κ3) is 3.69. The van der Waals surface area contributed by atoms with Gasteiger partial charge in [-0.15, -0.1) is 10.2 Å². The molecule has 34 heavy (non-hydrogen) atoms. The van der Waals surface area contributed by atoms with Crippen LogP contribution in [0.4, 0.5) is 5.69 Å². The normalized spacial score (nSPS) is 15.6. The number of hydrogen-bond acceptors (Lipinski definition) is 5. The maximum Gasteiger partial charge on any atom is 0.293 e. The zero-order chi connectivity index (χ0) is 24.2. The Bertz CT molecular complexity index is 1350. The smallest absolute Gasteiger partial charge is 0.293 e. The number of amides is 2. The predicted octanol–water partition coefficient (Wildman–Crippen LogP) is 3.37. The number of fused-ring (bicyclic) bond motifs is 1. The van der Waals surface area contributed by atoms with E-state index in [1.165, 1.54) is 0 Å². The monoisotopic (exact) mass is 480 g/mol. The van der Waals surface area contributed by atoms with Gasteiger partial charge in [-0.05, 0) is 69.7 Å². The van der Waals surface area contributed by atoms with E-state index in [0.717, 1.165) is 17.7 Å². The molecule has 0 unspecified atom stereocenters. The standard InChI is InChI=1S/C24H25ClN6O3/c1-12-6-7-15(11-16(12)25)27-21(33)19-13(2)18(17-5-4-10-31(17)19)20(32)22(34)28-24(8-9-24)23-26-14(3)29-30-23/h6-7,11H,4-5,8-10H2,1-3H3,(H,27,33)(H,28,34)(H,26,29,30). The Morgan fingerprint density at radius 1 is 1.15 bits per heavy atom. The molecule has 0 atom stereocenters.